The molecule has 0 amide bonds. The summed E-state index contributed by atoms with van der Waals surface area (Å²) in [7, 11) is 2.06. The van der Waals surface area contributed by atoms with Crippen molar-refractivity contribution < 1.29 is 41.3 Å². The van der Waals surface area contributed by atoms with Crippen molar-refractivity contribution in [2.24, 2.45) is 28.6 Å². The molecular weight excluding hydrogens is 673 g/mol. The third-order valence-corrected chi connectivity index (χ3v) is 14.4. The van der Waals surface area contributed by atoms with E-state index in [2.05, 4.69) is 24.9 Å². The van der Waals surface area contributed by atoms with Gasteiger partial charge < -0.3 is 19.5 Å². The summed E-state index contributed by atoms with van der Waals surface area (Å²) in [6, 6.07) is 6.14. The number of Topliss-reactive ketones (excluding diaryl/α,β-unsaturated/α-hetero) is 1. The zero-order chi connectivity index (χ0) is 35.7. The van der Waals surface area contributed by atoms with Crippen LogP contribution in [0, 0.1) is 28.6 Å². The summed E-state index contributed by atoms with van der Waals surface area (Å²) >= 11 is 1.43. The smallest absolute Gasteiger partial charge is 0.453 e. The van der Waals surface area contributed by atoms with Gasteiger partial charge in [0, 0.05) is 29.7 Å². The molecule has 11 heteroatoms. The van der Waals surface area contributed by atoms with Crippen LogP contribution < -0.4 is 4.74 Å². The number of unbranched alkanes of at least 4 members (excludes halogenated alkanes) is 2. The number of ether oxygens (including phenoxy) is 2. The number of thioether (sulfide) groups is 1. The number of hydrogen-bond acceptors (Lipinski definition) is 6. The van der Waals surface area contributed by atoms with Gasteiger partial charge in [-0.15, -0.1) is 0 Å². The minimum Gasteiger partial charge on any atom is -0.465 e. The summed E-state index contributed by atoms with van der Waals surface area (Å²) in [5.41, 5.74) is 2.11. The number of ketones is 1. The molecule has 1 spiro atoms. The zero-order valence-electron chi connectivity index (χ0n) is 29.8. The van der Waals surface area contributed by atoms with Gasteiger partial charge >= 0.3 is 12.1 Å². The summed E-state index contributed by atoms with van der Waals surface area (Å²) in [6.07, 6.45) is 5.50. The molecule has 5 aliphatic rings. The first-order valence-corrected chi connectivity index (χ1v) is 20.3. The van der Waals surface area contributed by atoms with E-state index in [4.69, 9.17) is 9.47 Å². The third kappa shape index (κ3) is 7.77. The number of carbonyl (C=O) groups is 1. The van der Waals surface area contributed by atoms with Gasteiger partial charge in [0.1, 0.15) is 5.75 Å². The number of aliphatic hydroxyl groups is 1. The Balaban J connectivity index is 1.01. The van der Waals surface area contributed by atoms with E-state index >= 15 is 0 Å². The second kappa shape index (κ2) is 15.5. The predicted octanol–water partition coefficient (Wildman–Crippen LogP) is 9.66. The van der Waals surface area contributed by atoms with E-state index in [1.54, 1.807) is 0 Å². The van der Waals surface area contributed by atoms with Crippen molar-refractivity contribution in [3.05, 3.63) is 29.3 Å². The van der Waals surface area contributed by atoms with Crippen LogP contribution in [0.25, 0.3) is 0 Å². The molecule has 282 valence electrons. The fourth-order valence-corrected chi connectivity index (χ4v) is 11.2. The minimum atomic E-state index is -5.47. The van der Waals surface area contributed by atoms with E-state index in [1.807, 2.05) is 12.1 Å². The van der Waals surface area contributed by atoms with E-state index in [0.29, 0.717) is 29.9 Å². The summed E-state index contributed by atoms with van der Waals surface area (Å²) in [6.45, 7) is 4.87. The molecule has 6 rings (SSSR count). The molecule has 5 nitrogen and oxygen atoms in total. The number of rotatable bonds is 16. The van der Waals surface area contributed by atoms with Crippen molar-refractivity contribution in [3.8, 4) is 5.75 Å². The molecule has 7 atom stereocenters. The standard InChI is InChI=1S/C39H56F5NO4S/c1-36-16-14-28-27-13-12-26(49-33-11-5-7-21-48-33)24-30(27)35(47)29(34(28)31(36)25-32(46)37(36)17-18-37)10-4-3-6-19-45(2)20-9-23-50-22-8-15-38(40,41)39(42,43)44/h12-13,24,28-29,31-34,46H,3-11,14-23,25H2,1-2H3/t28?,29?,31?,32-,33?,34?,36+/m1/s1. The van der Waals surface area contributed by atoms with Crippen LogP contribution in [0.3, 0.4) is 0 Å². The molecule has 4 fully saturated rings. The van der Waals surface area contributed by atoms with E-state index in [1.165, 1.54) is 17.3 Å². The molecule has 0 bridgehead atoms. The summed E-state index contributed by atoms with van der Waals surface area (Å²) < 4.78 is 75.1. The monoisotopic (exact) mass is 729 g/mol. The van der Waals surface area contributed by atoms with Gasteiger partial charge in [0.05, 0.1) is 12.7 Å². The Hall–Kier alpha value is -1.43. The van der Waals surface area contributed by atoms with Gasteiger partial charge in [-0.05, 0) is 143 Å². The van der Waals surface area contributed by atoms with Crippen molar-refractivity contribution in [3.63, 3.8) is 0 Å². The lowest BCUT2D eigenvalue weighted by molar-refractivity contribution is -0.284. The zero-order valence-corrected chi connectivity index (χ0v) is 30.6. The summed E-state index contributed by atoms with van der Waals surface area (Å²) in [4.78, 5) is 16.7. The minimum absolute atomic E-state index is 0.0408. The number of benzene rings is 1. The molecule has 0 aromatic heterocycles. The molecule has 1 N–H and O–H groups in total. The van der Waals surface area contributed by atoms with Crippen molar-refractivity contribution >= 4 is 17.5 Å². The average Bonchev–Trinajstić information content (AvgIpc) is 3.86. The molecule has 1 aromatic carbocycles. The number of halogens is 5. The maximum absolute atomic E-state index is 14.5. The quantitative estimate of drug-likeness (QED) is 0.135. The van der Waals surface area contributed by atoms with Crippen molar-refractivity contribution in [1.29, 1.82) is 0 Å². The van der Waals surface area contributed by atoms with Gasteiger partial charge in [-0.25, -0.2) is 0 Å². The molecule has 3 saturated carbocycles. The third-order valence-electron chi connectivity index (χ3n) is 13.2. The number of hydrogen-bond donors (Lipinski definition) is 1. The highest BCUT2D eigenvalue weighted by molar-refractivity contribution is 7.99. The highest BCUT2D eigenvalue weighted by atomic mass is 32.2. The Bertz CT molecular complexity index is 1320. The first-order valence-electron chi connectivity index (χ1n) is 19.1. The maximum atomic E-state index is 14.5. The average molecular weight is 730 g/mol. The van der Waals surface area contributed by atoms with Crippen LogP contribution in [-0.4, -0.2) is 78.5 Å². The SMILES string of the molecule is CN(CCCCCC1C(=O)c2cc(OC3CCCCO3)ccc2C2CC[C@@]3(C)C(C[C@@H](O)C34CC4)C12)CCCSCCCC(F)(F)C(F)(F)F. The molecule has 1 saturated heterocycles. The molecule has 50 heavy (non-hydrogen) atoms. The molecule has 1 aromatic rings. The van der Waals surface area contributed by atoms with E-state index < -0.39 is 18.5 Å². The molecular formula is C39H56F5NO4S. The number of alkyl halides is 5. The van der Waals surface area contributed by atoms with E-state index in [0.717, 1.165) is 108 Å². The van der Waals surface area contributed by atoms with Crippen LogP contribution >= 0.6 is 11.8 Å². The highest BCUT2D eigenvalue weighted by Crippen LogP contribution is 2.76. The number of carbonyl (C=O) groups excluding carboxylic acids is 1. The summed E-state index contributed by atoms with van der Waals surface area (Å²) in [5.74, 6) is -1.79. The van der Waals surface area contributed by atoms with Gasteiger partial charge in [0.25, 0.3) is 0 Å². The Kier molecular flexibility index (Phi) is 11.9. The first-order chi connectivity index (χ1) is 23.8. The fraction of sp³-hybridized carbons (Fsp3) is 0.821. The van der Waals surface area contributed by atoms with Crippen LogP contribution in [0.1, 0.15) is 125 Å². The Morgan fingerprint density at radius 2 is 1.76 bits per heavy atom. The lowest BCUT2D eigenvalue weighted by Gasteiger charge is -2.53. The second-order valence-corrected chi connectivity index (χ2v) is 17.4. The van der Waals surface area contributed by atoms with Crippen molar-refractivity contribution in [2.75, 3.05) is 38.2 Å². The van der Waals surface area contributed by atoms with Crippen LogP contribution in [0.2, 0.25) is 0 Å². The van der Waals surface area contributed by atoms with Crippen LogP contribution in [-0.2, 0) is 4.74 Å². The largest absolute Gasteiger partial charge is 0.465 e. The van der Waals surface area contributed by atoms with Gasteiger partial charge in [-0.3, -0.25) is 4.79 Å². The first kappa shape index (κ1) is 38.3. The molecule has 0 radical (unpaired) electrons. The van der Waals surface area contributed by atoms with Gasteiger partial charge in [-0.2, -0.15) is 33.7 Å². The molecule has 1 aliphatic heterocycles. The lowest BCUT2D eigenvalue weighted by Crippen LogP contribution is -2.48. The van der Waals surface area contributed by atoms with Gasteiger partial charge in [0.2, 0.25) is 0 Å². The van der Waals surface area contributed by atoms with Gasteiger partial charge in [0.15, 0.2) is 12.1 Å². The van der Waals surface area contributed by atoms with Crippen LogP contribution in [0.4, 0.5) is 22.0 Å². The highest BCUT2D eigenvalue weighted by Gasteiger charge is 2.71. The van der Waals surface area contributed by atoms with E-state index in [-0.39, 0.29) is 47.3 Å². The number of fused-ring (bicyclic) bond motifs is 6. The van der Waals surface area contributed by atoms with Gasteiger partial charge in [-0.1, -0.05) is 25.8 Å². The fourth-order valence-electron chi connectivity index (χ4n) is 10.3. The number of aliphatic hydroxyl groups excluding tert-OH is 1. The van der Waals surface area contributed by atoms with Crippen LogP contribution in [0.5, 0.6) is 5.75 Å². The maximum Gasteiger partial charge on any atom is 0.453 e. The van der Waals surface area contributed by atoms with E-state index in [9.17, 15) is 31.9 Å². The number of nitrogens with zero attached hydrogens (tertiary/aromatic N) is 1. The Morgan fingerprint density at radius 1 is 1.00 bits per heavy atom. The van der Waals surface area contributed by atoms with Crippen LogP contribution in [0.15, 0.2) is 18.2 Å². The topological polar surface area (TPSA) is 59.0 Å². The predicted molar refractivity (Wildman–Crippen MR) is 186 cm³/mol. The Morgan fingerprint density at radius 3 is 2.48 bits per heavy atom. The lowest BCUT2D eigenvalue weighted by atomic mass is 9.50. The molecule has 4 aliphatic carbocycles. The second-order valence-electron chi connectivity index (χ2n) is 16.2. The Labute approximate surface area is 298 Å². The van der Waals surface area contributed by atoms with Crippen molar-refractivity contribution in [1.82, 2.24) is 4.90 Å². The molecule has 5 unspecified atom stereocenters. The summed E-state index contributed by atoms with van der Waals surface area (Å²) in [5, 5.41) is 11.3. The van der Waals surface area contributed by atoms with Crippen molar-refractivity contribution in [2.45, 2.75) is 134 Å². The normalized spacial score (nSPS) is 31.8. The molecule has 1 heterocycles.